The van der Waals surface area contributed by atoms with E-state index in [9.17, 15) is 4.21 Å². The summed E-state index contributed by atoms with van der Waals surface area (Å²) < 4.78 is 13.2. The zero-order valence-corrected chi connectivity index (χ0v) is 13.1. The third-order valence-electron chi connectivity index (χ3n) is 3.79. The van der Waals surface area contributed by atoms with Gasteiger partial charge in [0.1, 0.15) is 0 Å². The van der Waals surface area contributed by atoms with Gasteiger partial charge in [0.05, 0.1) is 15.7 Å². The fourth-order valence-electron chi connectivity index (χ4n) is 2.76. The lowest BCUT2D eigenvalue weighted by atomic mass is 10.0. The lowest BCUT2D eigenvalue weighted by Crippen LogP contribution is -2.29. The Labute approximate surface area is 120 Å². The van der Waals surface area contributed by atoms with Crippen LogP contribution in [-0.2, 0) is 10.8 Å². The van der Waals surface area contributed by atoms with Crippen molar-refractivity contribution in [1.29, 1.82) is 0 Å². The van der Waals surface area contributed by atoms with Gasteiger partial charge in [-0.1, -0.05) is 18.6 Å². The van der Waals surface area contributed by atoms with Crippen molar-refractivity contribution >= 4 is 26.7 Å². The summed E-state index contributed by atoms with van der Waals surface area (Å²) in [7, 11) is 1.15. The molecule has 0 heterocycles. The standard InChI is InChI=1S/C14H20BrNOS/c1-16-13-7-4-5-11(13)9-10-18(17)14-8-3-2-6-12(14)15/h2-3,6,8,11,13,16H,4-5,7,9-10H2,1H3. The SMILES string of the molecule is CNC1CCCC1CCS(=O)c1ccccc1Br. The molecule has 18 heavy (non-hydrogen) atoms. The van der Waals surface area contributed by atoms with Gasteiger partial charge >= 0.3 is 0 Å². The summed E-state index contributed by atoms with van der Waals surface area (Å²) in [6.45, 7) is 0. The summed E-state index contributed by atoms with van der Waals surface area (Å²) in [5, 5.41) is 3.38. The summed E-state index contributed by atoms with van der Waals surface area (Å²) in [6, 6.07) is 8.44. The summed E-state index contributed by atoms with van der Waals surface area (Å²) in [6.07, 6.45) is 4.90. The Balaban J connectivity index is 1.91. The lowest BCUT2D eigenvalue weighted by molar-refractivity contribution is 0.416. The minimum absolute atomic E-state index is 0.626. The molecular weight excluding hydrogens is 310 g/mol. The van der Waals surface area contributed by atoms with Crippen molar-refractivity contribution in [2.45, 2.75) is 36.6 Å². The molecule has 4 heteroatoms. The van der Waals surface area contributed by atoms with E-state index in [1.54, 1.807) is 0 Å². The van der Waals surface area contributed by atoms with Crippen molar-refractivity contribution in [2.24, 2.45) is 5.92 Å². The van der Waals surface area contributed by atoms with Crippen LogP contribution in [0.25, 0.3) is 0 Å². The molecule has 3 atom stereocenters. The summed E-state index contributed by atoms with van der Waals surface area (Å²) in [5.74, 6) is 1.47. The number of rotatable bonds is 5. The van der Waals surface area contributed by atoms with Crippen LogP contribution in [0.1, 0.15) is 25.7 Å². The van der Waals surface area contributed by atoms with E-state index in [0.29, 0.717) is 12.0 Å². The summed E-state index contributed by atoms with van der Waals surface area (Å²) in [4.78, 5) is 0.927. The van der Waals surface area contributed by atoms with E-state index in [1.165, 1.54) is 19.3 Å². The molecule has 2 nitrogen and oxygen atoms in total. The second-order valence-electron chi connectivity index (χ2n) is 4.85. The number of hydrogen-bond acceptors (Lipinski definition) is 2. The van der Waals surface area contributed by atoms with Crippen LogP contribution < -0.4 is 5.32 Å². The van der Waals surface area contributed by atoms with Crippen molar-refractivity contribution < 1.29 is 4.21 Å². The van der Waals surface area contributed by atoms with Gasteiger partial charge in [-0.05, 0) is 60.3 Å². The summed E-state index contributed by atoms with van der Waals surface area (Å²) in [5.41, 5.74) is 0. The van der Waals surface area contributed by atoms with Gasteiger partial charge in [-0.2, -0.15) is 0 Å². The van der Waals surface area contributed by atoms with E-state index in [-0.39, 0.29) is 0 Å². The average molecular weight is 330 g/mol. The third kappa shape index (κ3) is 3.43. The predicted octanol–water partition coefficient (Wildman–Crippen LogP) is 3.33. The van der Waals surface area contributed by atoms with Gasteiger partial charge in [0.2, 0.25) is 0 Å². The monoisotopic (exact) mass is 329 g/mol. The fraction of sp³-hybridized carbons (Fsp3) is 0.571. The smallest absolute Gasteiger partial charge is 0.0541 e. The quantitative estimate of drug-likeness (QED) is 0.897. The second-order valence-corrected chi connectivity index (χ2v) is 7.25. The Morgan fingerprint density at radius 1 is 1.39 bits per heavy atom. The highest BCUT2D eigenvalue weighted by atomic mass is 79.9. The molecule has 100 valence electrons. The van der Waals surface area contributed by atoms with Crippen LogP contribution in [0.4, 0.5) is 0 Å². The van der Waals surface area contributed by atoms with Gasteiger partial charge < -0.3 is 5.32 Å². The lowest BCUT2D eigenvalue weighted by Gasteiger charge is -2.18. The van der Waals surface area contributed by atoms with E-state index >= 15 is 0 Å². The zero-order chi connectivity index (χ0) is 13.0. The molecule has 1 fully saturated rings. The second kappa shape index (κ2) is 6.83. The maximum absolute atomic E-state index is 12.3. The maximum atomic E-state index is 12.3. The van der Waals surface area contributed by atoms with Crippen LogP contribution in [0.2, 0.25) is 0 Å². The van der Waals surface area contributed by atoms with Crippen molar-refractivity contribution in [3.8, 4) is 0 Å². The molecule has 1 aliphatic carbocycles. The third-order valence-corrected chi connectivity index (χ3v) is 6.19. The zero-order valence-electron chi connectivity index (χ0n) is 10.7. The molecule has 1 aromatic rings. The molecule has 1 saturated carbocycles. The normalized spacial score (nSPS) is 25.2. The van der Waals surface area contributed by atoms with Gasteiger partial charge in [0, 0.05) is 16.3 Å². The van der Waals surface area contributed by atoms with Gasteiger partial charge in [0.15, 0.2) is 0 Å². The van der Waals surface area contributed by atoms with E-state index in [4.69, 9.17) is 0 Å². The van der Waals surface area contributed by atoms with E-state index in [1.807, 2.05) is 31.3 Å². The first-order chi connectivity index (χ1) is 8.72. The first-order valence-electron chi connectivity index (χ1n) is 6.52. The van der Waals surface area contributed by atoms with Gasteiger partial charge in [-0.3, -0.25) is 4.21 Å². The van der Waals surface area contributed by atoms with Crippen LogP contribution in [-0.4, -0.2) is 23.1 Å². The molecule has 0 saturated heterocycles. The molecule has 0 amide bonds. The molecule has 0 bridgehead atoms. The Hall–Kier alpha value is -0.190. The average Bonchev–Trinajstić information content (AvgIpc) is 2.84. The molecule has 0 aliphatic heterocycles. The molecule has 1 N–H and O–H groups in total. The minimum Gasteiger partial charge on any atom is -0.317 e. The van der Waals surface area contributed by atoms with Crippen molar-refractivity contribution in [1.82, 2.24) is 5.32 Å². The van der Waals surface area contributed by atoms with Crippen molar-refractivity contribution in [3.05, 3.63) is 28.7 Å². The molecule has 1 aliphatic rings. The highest BCUT2D eigenvalue weighted by molar-refractivity contribution is 9.10. The Bertz CT molecular complexity index is 424. The first kappa shape index (κ1) is 14.2. The molecule has 1 aromatic carbocycles. The molecule has 0 radical (unpaired) electrons. The van der Waals surface area contributed by atoms with Gasteiger partial charge in [0.25, 0.3) is 0 Å². The molecule has 3 unspecified atom stereocenters. The maximum Gasteiger partial charge on any atom is 0.0541 e. The van der Waals surface area contributed by atoms with Crippen LogP contribution in [0.5, 0.6) is 0 Å². The van der Waals surface area contributed by atoms with Gasteiger partial charge in [-0.25, -0.2) is 0 Å². The fourth-order valence-corrected chi connectivity index (χ4v) is 4.84. The van der Waals surface area contributed by atoms with Crippen LogP contribution in [0.3, 0.4) is 0 Å². The molecular formula is C14H20BrNOS. The summed E-state index contributed by atoms with van der Waals surface area (Å²) >= 11 is 3.47. The van der Waals surface area contributed by atoms with E-state index in [2.05, 4.69) is 21.2 Å². The molecule has 0 spiro atoms. The minimum atomic E-state index is -0.883. The van der Waals surface area contributed by atoms with Crippen LogP contribution in [0, 0.1) is 5.92 Å². The molecule has 2 rings (SSSR count). The number of halogens is 1. The number of nitrogens with one attached hydrogen (secondary N) is 1. The Kier molecular flexibility index (Phi) is 5.39. The van der Waals surface area contributed by atoms with Crippen molar-refractivity contribution in [3.63, 3.8) is 0 Å². The van der Waals surface area contributed by atoms with Crippen molar-refractivity contribution in [2.75, 3.05) is 12.8 Å². The highest BCUT2D eigenvalue weighted by Crippen LogP contribution is 2.29. The Morgan fingerprint density at radius 2 is 2.17 bits per heavy atom. The number of benzene rings is 1. The predicted molar refractivity (Wildman–Crippen MR) is 80.2 cm³/mol. The number of hydrogen-bond donors (Lipinski definition) is 1. The van der Waals surface area contributed by atoms with E-state index in [0.717, 1.165) is 21.5 Å². The largest absolute Gasteiger partial charge is 0.317 e. The highest BCUT2D eigenvalue weighted by Gasteiger charge is 2.26. The molecule has 0 aromatic heterocycles. The van der Waals surface area contributed by atoms with E-state index < -0.39 is 10.8 Å². The van der Waals surface area contributed by atoms with Crippen LogP contribution >= 0.6 is 15.9 Å². The first-order valence-corrected chi connectivity index (χ1v) is 8.63. The topological polar surface area (TPSA) is 29.1 Å². The van der Waals surface area contributed by atoms with Gasteiger partial charge in [-0.15, -0.1) is 0 Å². The Morgan fingerprint density at radius 3 is 2.89 bits per heavy atom. The van der Waals surface area contributed by atoms with Crippen LogP contribution in [0.15, 0.2) is 33.6 Å².